The molecule has 8 aromatic heterocycles. The fraction of sp³-hybridized carbons (Fsp3) is 0.160. The number of H-pyrrole nitrogens is 4. The van der Waals surface area contributed by atoms with Crippen LogP contribution in [0.2, 0.25) is 0 Å². The minimum absolute atomic E-state index is 0.0763. The minimum Gasteiger partial charge on any atom is -0.357 e. The molecule has 0 fully saturated rings. The standard InChI is InChI=1S/C25H20BrN5.C25H20FN5/c1-25(2,3)23-18(16-12-13(26)8-9-17(16)29-23)24-30-21-14-6-4-10-27-19(14)20-15(22(21)31-24)7-5-11-28-20;1-25(2,3)23-17(13-7-4-10-16(26)18(13)29-23)24-30-21-14-8-5-11-27-19(14)20-15(22(21)31-24)9-6-12-28-20/h2*4-12,29H,1-3H3,(H,30,31). The van der Waals surface area contributed by atoms with Crippen LogP contribution in [-0.2, 0) is 10.8 Å². The van der Waals surface area contributed by atoms with E-state index >= 15 is 0 Å². The van der Waals surface area contributed by atoms with Crippen LogP contribution >= 0.6 is 15.9 Å². The Labute approximate surface area is 362 Å². The van der Waals surface area contributed by atoms with Gasteiger partial charge in [0, 0.05) is 100 Å². The molecule has 0 aliphatic rings. The molecule has 0 saturated heterocycles. The predicted octanol–water partition coefficient (Wildman–Crippen LogP) is 13.1. The molecule has 12 rings (SSSR count). The highest BCUT2D eigenvalue weighted by Crippen LogP contribution is 2.43. The molecule has 10 nitrogen and oxygen atoms in total. The highest BCUT2D eigenvalue weighted by atomic mass is 79.9. The zero-order valence-corrected chi connectivity index (χ0v) is 36.4. The summed E-state index contributed by atoms with van der Waals surface area (Å²) in [5, 5.41) is 5.89. The number of pyridine rings is 4. The Morgan fingerprint density at radius 2 is 0.903 bits per heavy atom. The third-order valence-corrected chi connectivity index (χ3v) is 12.1. The maximum Gasteiger partial charge on any atom is 0.147 e. The van der Waals surface area contributed by atoms with E-state index in [0.717, 1.165) is 115 Å². The molecular formula is C50H40BrFN10. The number of hydrogen-bond acceptors (Lipinski definition) is 6. The first-order valence-electron chi connectivity index (χ1n) is 20.5. The number of para-hydroxylation sites is 1. The van der Waals surface area contributed by atoms with E-state index in [1.807, 2.05) is 54.9 Å². The molecular weight excluding hydrogens is 840 g/mol. The molecule has 12 heteroatoms. The zero-order valence-electron chi connectivity index (χ0n) is 34.8. The van der Waals surface area contributed by atoms with Gasteiger partial charge in [-0.15, -0.1) is 0 Å². The lowest BCUT2D eigenvalue weighted by Gasteiger charge is -2.18. The van der Waals surface area contributed by atoms with E-state index < -0.39 is 0 Å². The maximum atomic E-state index is 14.6. The van der Waals surface area contributed by atoms with Crippen LogP contribution in [-0.4, -0.2) is 49.8 Å². The third kappa shape index (κ3) is 5.88. The maximum absolute atomic E-state index is 14.6. The first-order valence-corrected chi connectivity index (χ1v) is 21.3. The normalized spacial score (nSPS) is 12.5. The second kappa shape index (κ2) is 13.7. The van der Waals surface area contributed by atoms with E-state index in [1.54, 1.807) is 18.5 Å². The van der Waals surface area contributed by atoms with Gasteiger partial charge in [-0.25, -0.2) is 14.4 Å². The van der Waals surface area contributed by atoms with Crippen molar-refractivity contribution in [3.8, 4) is 22.8 Å². The summed E-state index contributed by atoms with van der Waals surface area (Å²) in [6.07, 6.45) is 7.18. The van der Waals surface area contributed by atoms with Gasteiger partial charge in [0.25, 0.3) is 0 Å². The summed E-state index contributed by atoms with van der Waals surface area (Å²) < 4.78 is 15.7. The van der Waals surface area contributed by atoms with Gasteiger partial charge in [-0.2, -0.15) is 0 Å². The molecule has 0 spiro atoms. The molecule has 8 heterocycles. The van der Waals surface area contributed by atoms with Crippen molar-refractivity contribution in [2.75, 3.05) is 0 Å². The first-order chi connectivity index (χ1) is 29.8. The Hall–Kier alpha value is -7.05. The number of nitrogens with one attached hydrogen (secondary N) is 4. The summed E-state index contributed by atoms with van der Waals surface area (Å²) in [5.41, 5.74) is 12.5. The Morgan fingerprint density at radius 1 is 0.452 bits per heavy atom. The molecule has 0 amide bonds. The van der Waals surface area contributed by atoms with Gasteiger partial charge in [0.05, 0.1) is 49.7 Å². The summed E-state index contributed by atoms with van der Waals surface area (Å²) >= 11 is 3.64. The molecule has 4 N–H and O–H groups in total. The van der Waals surface area contributed by atoms with Crippen LogP contribution < -0.4 is 0 Å². The summed E-state index contributed by atoms with van der Waals surface area (Å²) in [4.78, 5) is 42.7. The van der Waals surface area contributed by atoms with E-state index in [0.29, 0.717) is 11.3 Å². The van der Waals surface area contributed by atoms with E-state index in [2.05, 4.69) is 128 Å². The van der Waals surface area contributed by atoms with Crippen LogP contribution in [0.25, 0.3) is 110 Å². The lowest BCUT2D eigenvalue weighted by molar-refractivity contribution is 0.573. The van der Waals surface area contributed by atoms with Gasteiger partial charge in [-0.05, 0) is 72.8 Å². The minimum atomic E-state index is -0.269. The Bertz CT molecular complexity index is 3470. The van der Waals surface area contributed by atoms with Crippen LogP contribution in [0.15, 0.2) is 114 Å². The van der Waals surface area contributed by atoms with Crippen molar-refractivity contribution in [2.45, 2.75) is 52.4 Å². The van der Waals surface area contributed by atoms with Gasteiger partial charge >= 0.3 is 0 Å². The van der Waals surface area contributed by atoms with Gasteiger partial charge in [0.1, 0.15) is 17.5 Å². The summed E-state index contributed by atoms with van der Waals surface area (Å²) in [6, 6.07) is 27.4. The first kappa shape index (κ1) is 37.9. The molecule has 0 aliphatic heterocycles. The number of rotatable bonds is 2. The monoisotopic (exact) mass is 878 g/mol. The number of benzene rings is 4. The third-order valence-electron chi connectivity index (χ3n) is 11.7. The van der Waals surface area contributed by atoms with Crippen LogP contribution in [0, 0.1) is 5.82 Å². The highest BCUT2D eigenvalue weighted by Gasteiger charge is 2.29. The lowest BCUT2D eigenvalue weighted by Crippen LogP contribution is -2.13. The number of hydrogen-bond donors (Lipinski definition) is 4. The van der Waals surface area contributed by atoms with Gasteiger partial charge in [-0.3, -0.25) is 19.9 Å². The number of halogens is 2. The van der Waals surface area contributed by atoms with E-state index in [-0.39, 0.29) is 16.6 Å². The van der Waals surface area contributed by atoms with Crippen LogP contribution in [0.4, 0.5) is 4.39 Å². The Morgan fingerprint density at radius 3 is 1.42 bits per heavy atom. The van der Waals surface area contributed by atoms with E-state index in [9.17, 15) is 4.39 Å². The smallest absolute Gasteiger partial charge is 0.147 e. The quantitative estimate of drug-likeness (QED) is 0.127. The number of aromatic nitrogens is 10. The molecule has 0 atom stereocenters. The fourth-order valence-electron chi connectivity index (χ4n) is 8.89. The van der Waals surface area contributed by atoms with Crippen molar-refractivity contribution in [3.05, 3.63) is 131 Å². The average molecular weight is 880 g/mol. The molecule has 304 valence electrons. The van der Waals surface area contributed by atoms with Crippen molar-refractivity contribution in [2.24, 2.45) is 0 Å². The summed E-state index contributed by atoms with van der Waals surface area (Å²) in [6.45, 7) is 13.0. The van der Waals surface area contributed by atoms with Gasteiger partial charge in [0.15, 0.2) is 0 Å². The topological polar surface area (TPSA) is 140 Å². The molecule has 12 aromatic rings. The Balaban J connectivity index is 0.000000139. The van der Waals surface area contributed by atoms with Gasteiger partial charge < -0.3 is 19.9 Å². The zero-order chi connectivity index (χ0) is 42.7. The summed E-state index contributed by atoms with van der Waals surface area (Å²) in [5.74, 6) is 1.29. The molecule has 4 aromatic carbocycles. The van der Waals surface area contributed by atoms with Crippen molar-refractivity contribution in [3.63, 3.8) is 0 Å². The van der Waals surface area contributed by atoms with Crippen LogP contribution in [0.5, 0.6) is 0 Å². The van der Waals surface area contributed by atoms with Crippen molar-refractivity contribution < 1.29 is 4.39 Å². The van der Waals surface area contributed by atoms with Gasteiger partial charge in [0.2, 0.25) is 0 Å². The van der Waals surface area contributed by atoms with Crippen molar-refractivity contribution >= 4 is 103 Å². The SMILES string of the molecule is CC(C)(C)c1[nH]c2c(F)cccc2c1-c1nc2c3cccnc3c3ncccc3c2[nH]1.CC(C)(C)c1[nH]c2ccc(Br)cc2c1-c1nc2c3cccnc3c3ncccc3c2[nH]1. The Kier molecular flexibility index (Phi) is 8.40. The molecule has 62 heavy (non-hydrogen) atoms. The number of fused-ring (bicyclic) bond motifs is 14. The molecule has 0 unspecified atom stereocenters. The molecule has 0 saturated carbocycles. The number of imidazole rings is 2. The van der Waals surface area contributed by atoms with Crippen LogP contribution in [0.3, 0.4) is 0 Å². The predicted molar refractivity (Wildman–Crippen MR) is 253 cm³/mol. The van der Waals surface area contributed by atoms with Gasteiger partial charge in [-0.1, -0.05) is 69.6 Å². The second-order valence-electron chi connectivity index (χ2n) is 17.8. The largest absolute Gasteiger partial charge is 0.357 e. The molecule has 0 radical (unpaired) electrons. The molecule has 0 bridgehead atoms. The van der Waals surface area contributed by atoms with Crippen LogP contribution in [0.1, 0.15) is 52.9 Å². The average Bonchev–Trinajstić information content (AvgIpc) is 4.07. The van der Waals surface area contributed by atoms with E-state index in [4.69, 9.17) is 9.97 Å². The second-order valence-corrected chi connectivity index (χ2v) is 18.7. The van der Waals surface area contributed by atoms with Crippen molar-refractivity contribution in [1.82, 2.24) is 49.8 Å². The lowest BCUT2D eigenvalue weighted by atomic mass is 9.88. The molecule has 0 aliphatic carbocycles. The number of aromatic amines is 4. The summed E-state index contributed by atoms with van der Waals surface area (Å²) in [7, 11) is 0. The highest BCUT2D eigenvalue weighted by molar-refractivity contribution is 9.10. The fourth-order valence-corrected chi connectivity index (χ4v) is 9.25. The number of nitrogens with zero attached hydrogens (tertiary/aromatic N) is 6. The van der Waals surface area contributed by atoms with Crippen molar-refractivity contribution in [1.29, 1.82) is 0 Å². The van der Waals surface area contributed by atoms with E-state index in [1.165, 1.54) is 6.07 Å².